The molecule has 0 atom stereocenters. The van der Waals surface area contributed by atoms with Gasteiger partial charge in [0.05, 0.1) is 6.10 Å². The number of hydrogen-bond donors (Lipinski definition) is 1. The second-order valence-corrected chi connectivity index (χ2v) is 4.22. The van der Waals surface area contributed by atoms with Gasteiger partial charge in [-0.05, 0) is 46.6 Å². The van der Waals surface area contributed by atoms with Gasteiger partial charge in [-0.25, -0.2) is 0 Å². The normalized spacial score (nSPS) is 31.5. The maximum atomic E-state index is 9.33. The first-order chi connectivity index (χ1) is 5.61. The molecule has 0 spiro atoms. The zero-order chi connectivity index (χ0) is 9.14. The van der Waals surface area contributed by atoms with Crippen molar-refractivity contribution < 1.29 is 5.11 Å². The fourth-order valence-corrected chi connectivity index (χ4v) is 1.89. The van der Waals surface area contributed by atoms with Crippen molar-refractivity contribution in [3.05, 3.63) is 0 Å². The van der Waals surface area contributed by atoms with Crippen LogP contribution < -0.4 is 0 Å². The predicted octanol–water partition coefficient (Wildman–Crippen LogP) is 1.63. The second-order valence-electron chi connectivity index (χ2n) is 4.22. The van der Waals surface area contributed by atoms with Crippen LogP contribution in [-0.2, 0) is 0 Å². The van der Waals surface area contributed by atoms with Crippen LogP contribution in [0.3, 0.4) is 0 Å². The second kappa shape index (κ2) is 4.24. The topological polar surface area (TPSA) is 23.5 Å². The molecule has 72 valence electrons. The zero-order valence-electron chi connectivity index (χ0n) is 8.45. The first-order valence-corrected chi connectivity index (χ1v) is 5.01. The van der Waals surface area contributed by atoms with E-state index in [1.807, 2.05) is 0 Å². The van der Waals surface area contributed by atoms with E-state index in [0.717, 1.165) is 25.7 Å². The minimum Gasteiger partial charge on any atom is -0.393 e. The van der Waals surface area contributed by atoms with Gasteiger partial charge in [-0.1, -0.05) is 0 Å². The summed E-state index contributed by atoms with van der Waals surface area (Å²) in [7, 11) is 2.19. The lowest BCUT2D eigenvalue weighted by molar-refractivity contribution is 0.0732. The van der Waals surface area contributed by atoms with E-state index in [4.69, 9.17) is 0 Å². The van der Waals surface area contributed by atoms with Crippen LogP contribution in [0.5, 0.6) is 0 Å². The SMILES string of the molecule is CC(C)N(C)C1CCC(O)CC1. The van der Waals surface area contributed by atoms with Crippen molar-refractivity contribution in [3.8, 4) is 0 Å². The summed E-state index contributed by atoms with van der Waals surface area (Å²) in [5.41, 5.74) is 0. The minimum absolute atomic E-state index is 0.0261. The Kier molecular flexibility index (Phi) is 3.53. The van der Waals surface area contributed by atoms with Gasteiger partial charge in [-0.15, -0.1) is 0 Å². The van der Waals surface area contributed by atoms with Gasteiger partial charge in [0.2, 0.25) is 0 Å². The minimum atomic E-state index is -0.0261. The lowest BCUT2D eigenvalue weighted by Gasteiger charge is -2.35. The van der Waals surface area contributed by atoms with Crippen LogP contribution in [0.1, 0.15) is 39.5 Å². The Hall–Kier alpha value is -0.0800. The summed E-state index contributed by atoms with van der Waals surface area (Å²) in [6.07, 6.45) is 4.27. The van der Waals surface area contributed by atoms with Crippen LogP contribution in [0.4, 0.5) is 0 Å². The summed E-state index contributed by atoms with van der Waals surface area (Å²) in [5, 5.41) is 9.33. The molecular weight excluding hydrogens is 150 g/mol. The highest BCUT2D eigenvalue weighted by atomic mass is 16.3. The standard InChI is InChI=1S/C10H21NO/c1-8(2)11(3)9-4-6-10(12)7-5-9/h8-10,12H,4-7H2,1-3H3. The molecule has 2 nitrogen and oxygen atoms in total. The van der Waals surface area contributed by atoms with Crippen molar-refractivity contribution in [3.63, 3.8) is 0 Å². The van der Waals surface area contributed by atoms with Crippen LogP contribution in [0.25, 0.3) is 0 Å². The third kappa shape index (κ3) is 2.46. The molecule has 0 radical (unpaired) electrons. The van der Waals surface area contributed by atoms with Gasteiger partial charge >= 0.3 is 0 Å². The molecule has 0 heterocycles. The van der Waals surface area contributed by atoms with Gasteiger partial charge in [0, 0.05) is 12.1 Å². The number of rotatable bonds is 2. The first kappa shape index (κ1) is 10.0. The molecule has 0 aromatic carbocycles. The number of aliphatic hydroxyl groups is 1. The maximum absolute atomic E-state index is 9.33. The van der Waals surface area contributed by atoms with E-state index in [1.54, 1.807) is 0 Å². The molecular formula is C10H21NO. The highest BCUT2D eigenvalue weighted by Crippen LogP contribution is 2.23. The highest BCUT2D eigenvalue weighted by Gasteiger charge is 2.23. The first-order valence-electron chi connectivity index (χ1n) is 5.01. The zero-order valence-corrected chi connectivity index (χ0v) is 8.45. The monoisotopic (exact) mass is 171 g/mol. The van der Waals surface area contributed by atoms with Crippen molar-refractivity contribution in [2.75, 3.05) is 7.05 Å². The van der Waals surface area contributed by atoms with E-state index in [9.17, 15) is 5.11 Å². The Bertz CT molecular complexity index is 128. The molecule has 0 aromatic heterocycles. The maximum Gasteiger partial charge on any atom is 0.0541 e. The summed E-state index contributed by atoms with van der Waals surface area (Å²) >= 11 is 0. The van der Waals surface area contributed by atoms with Crippen molar-refractivity contribution in [1.29, 1.82) is 0 Å². The average molecular weight is 171 g/mol. The van der Waals surface area contributed by atoms with Gasteiger partial charge < -0.3 is 10.0 Å². The molecule has 0 saturated heterocycles. The molecule has 1 saturated carbocycles. The number of nitrogens with zero attached hydrogens (tertiary/aromatic N) is 1. The summed E-state index contributed by atoms with van der Waals surface area (Å²) in [4.78, 5) is 2.42. The lowest BCUT2D eigenvalue weighted by Crippen LogP contribution is -2.40. The number of hydrogen-bond acceptors (Lipinski definition) is 2. The summed E-state index contributed by atoms with van der Waals surface area (Å²) in [6.45, 7) is 4.45. The van der Waals surface area contributed by atoms with Crippen molar-refractivity contribution in [2.45, 2.75) is 57.7 Å². The predicted molar refractivity (Wildman–Crippen MR) is 51.2 cm³/mol. The van der Waals surface area contributed by atoms with E-state index >= 15 is 0 Å². The van der Waals surface area contributed by atoms with E-state index in [2.05, 4.69) is 25.8 Å². The van der Waals surface area contributed by atoms with Crippen LogP contribution in [-0.4, -0.2) is 35.2 Å². The van der Waals surface area contributed by atoms with Gasteiger partial charge in [-0.3, -0.25) is 0 Å². The quantitative estimate of drug-likeness (QED) is 0.682. The van der Waals surface area contributed by atoms with Crippen LogP contribution in [0.15, 0.2) is 0 Å². The third-order valence-corrected chi connectivity index (χ3v) is 3.06. The van der Waals surface area contributed by atoms with Gasteiger partial charge in [0.25, 0.3) is 0 Å². The molecule has 1 rings (SSSR count). The van der Waals surface area contributed by atoms with E-state index in [0.29, 0.717) is 12.1 Å². The van der Waals surface area contributed by atoms with Crippen LogP contribution in [0.2, 0.25) is 0 Å². The Balaban J connectivity index is 2.34. The number of aliphatic hydroxyl groups excluding tert-OH is 1. The molecule has 1 aliphatic rings. The smallest absolute Gasteiger partial charge is 0.0541 e. The molecule has 0 aromatic rings. The van der Waals surface area contributed by atoms with E-state index in [1.165, 1.54) is 0 Å². The van der Waals surface area contributed by atoms with Gasteiger partial charge in [0.15, 0.2) is 0 Å². The largest absolute Gasteiger partial charge is 0.393 e. The van der Waals surface area contributed by atoms with Gasteiger partial charge in [0.1, 0.15) is 0 Å². The van der Waals surface area contributed by atoms with E-state index < -0.39 is 0 Å². The van der Waals surface area contributed by atoms with Crippen molar-refractivity contribution in [2.24, 2.45) is 0 Å². The molecule has 2 heteroatoms. The molecule has 12 heavy (non-hydrogen) atoms. The van der Waals surface area contributed by atoms with Crippen LogP contribution >= 0.6 is 0 Å². The van der Waals surface area contributed by atoms with Crippen molar-refractivity contribution in [1.82, 2.24) is 4.90 Å². The Morgan fingerprint density at radius 1 is 1.17 bits per heavy atom. The highest BCUT2D eigenvalue weighted by molar-refractivity contribution is 4.78. The Morgan fingerprint density at radius 3 is 2.08 bits per heavy atom. The molecule has 0 amide bonds. The molecule has 0 bridgehead atoms. The summed E-state index contributed by atoms with van der Waals surface area (Å²) in [6, 6.07) is 1.33. The van der Waals surface area contributed by atoms with Crippen LogP contribution in [0, 0.1) is 0 Å². The molecule has 1 aliphatic carbocycles. The van der Waals surface area contributed by atoms with Gasteiger partial charge in [-0.2, -0.15) is 0 Å². The molecule has 0 aliphatic heterocycles. The average Bonchev–Trinajstić information content (AvgIpc) is 2.04. The fraction of sp³-hybridized carbons (Fsp3) is 1.00. The van der Waals surface area contributed by atoms with Crippen molar-refractivity contribution >= 4 is 0 Å². The molecule has 0 unspecified atom stereocenters. The van der Waals surface area contributed by atoms with E-state index in [-0.39, 0.29) is 6.10 Å². The molecule has 1 N–H and O–H groups in total. The Labute approximate surface area is 75.6 Å². The Morgan fingerprint density at radius 2 is 1.67 bits per heavy atom. The summed E-state index contributed by atoms with van der Waals surface area (Å²) in [5.74, 6) is 0. The fourth-order valence-electron chi connectivity index (χ4n) is 1.89. The molecule has 1 fully saturated rings. The third-order valence-electron chi connectivity index (χ3n) is 3.06. The lowest BCUT2D eigenvalue weighted by atomic mass is 9.92. The summed E-state index contributed by atoms with van der Waals surface area (Å²) < 4.78 is 0.